The lowest BCUT2D eigenvalue weighted by Crippen LogP contribution is -2.31. The van der Waals surface area contributed by atoms with Crippen LogP contribution in [-0.4, -0.2) is 61.9 Å². The van der Waals surface area contributed by atoms with Crippen molar-refractivity contribution in [3.05, 3.63) is 35.9 Å². The quantitative estimate of drug-likeness (QED) is 0.233. The van der Waals surface area contributed by atoms with E-state index in [4.69, 9.17) is 67.6 Å². The highest BCUT2D eigenvalue weighted by molar-refractivity contribution is 7.45. The molecule has 10 N–H and O–H groups in total. The second-order valence-electron chi connectivity index (χ2n) is 5.53. The largest absolute Gasteiger partial charge is 0.466 e. The molecule has 0 spiro atoms. The van der Waals surface area contributed by atoms with Crippen LogP contribution in [0.5, 0.6) is 0 Å². The van der Waals surface area contributed by atoms with Gasteiger partial charge in [0.2, 0.25) is 0 Å². The van der Waals surface area contributed by atoms with Crippen LogP contribution in [0.15, 0.2) is 30.3 Å². The van der Waals surface area contributed by atoms with E-state index >= 15 is 0 Å². The lowest BCUT2D eigenvalue weighted by molar-refractivity contribution is -0.0145. The number of hydrogen-bond donors (Lipinski definition) is 10. The van der Waals surface area contributed by atoms with E-state index in [1.807, 2.05) is 18.2 Å². The van der Waals surface area contributed by atoms with Gasteiger partial charge in [0.05, 0.1) is 19.3 Å². The first-order valence-corrected chi connectivity index (χ1v) is 12.2. The molecule has 0 bridgehead atoms. The number of phosphoric acid groups is 3. The van der Waals surface area contributed by atoms with Crippen molar-refractivity contribution >= 4 is 23.5 Å². The van der Waals surface area contributed by atoms with Gasteiger partial charge in [-0.2, -0.15) is 0 Å². The van der Waals surface area contributed by atoms with Crippen LogP contribution in [0.4, 0.5) is 0 Å². The van der Waals surface area contributed by atoms with E-state index in [1.165, 1.54) is 5.56 Å². The maximum atomic E-state index is 9.08. The summed E-state index contributed by atoms with van der Waals surface area (Å²) < 4.78 is 32.2. The van der Waals surface area contributed by atoms with Gasteiger partial charge in [0.15, 0.2) is 0 Å². The van der Waals surface area contributed by atoms with E-state index in [-0.39, 0.29) is 6.10 Å². The summed E-state index contributed by atoms with van der Waals surface area (Å²) in [4.78, 5) is 64.7. The van der Waals surface area contributed by atoms with Crippen molar-refractivity contribution in [3.63, 3.8) is 0 Å². The van der Waals surface area contributed by atoms with Crippen molar-refractivity contribution in [1.29, 1.82) is 0 Å². The first-order chi connectivity index (χ1) is 12.8. The fourth-order valence-corrected chi connectivity index (χ4v) is 1.75. The Balaban J connectivity index is 0. The van der Waals surface area contributed by atoms with Crippen molar-refractivity contribution in [2.45, 2.75) is 25.6 Å². The minimum Gasteiger partial charge on any atom is -0.393 e. The predicted octanol–water partition coefficient (Wildman–Crippen LogP) is -0.812. The zero-order valence-electron chi connectivity index (χ0n) is 14.8. The third kappa shape index (κ3) is 38.7. The minimum absolute atomic E-state index is 0.0691. The van der Waals surface area contributed by atoms with E-state index in [2.05, 4.69) is 12.1 Å². The maximum Gasteiger partial charge on any atom is 0.466 e. The maximum absolute atomic E-state index is 9.08. The molecule has 0 aliphatic heterocycles. The zero-order valence-corrected chi connectivity index (χ0v) is 17.5. The molecule has 1 aliphatic rings. The lowest BCUT2D eigenvalue weighted by Gasteiger charge is -2.30. The van der Waals surface area contributed by atoms with Crippen LogP contribution in [0.1, 0.15) is 18.4 Å². The van der Waals surface area contributed by atoms with Crippen LogP contribution in [0.3, 0.4) is 0 Å². The first kappa shape index (κ1) is 30.7. The number of ether oxygens (including phenoxy) is 1. The summed E-state index contributed by atoms with van der Waals surface area (Å²) in [5.41, 5.74) is 1.22. The number of rotatable bonds is 4. The molecule has 29 heavy (non-hydrogen) atoms. The van der Waals surface area contributed by atoms with E-state index in [0.29, 0.717) is 12.5 Å². The van der Waals surface area contributed by atoms with Crippen LogP contribution in [0.25, 0.3) is 0 Å². The van der Waals surface area contributed by atoms with E-state index in [1.54, 1.807) is 0 Å². The molecule has 0 amide bonds. The van der Waals surface area contributed by atoms with Crippen molar-refractivity contribution in [2.75, 3.05) is 6.61 Å². The van der Waals surface area contributed by atoms with E-state index in [0.717, 1.165) is 19.4 Å². The standard InChI is InChI=1S/C12H16O2.3H3O4P/c13-12-6-11(7-12)9-14-8-10-4-2-1-3-5-10;3*1-5(2,3)4/h1-5,11-13H,6-9H2;3*(H3,1,2,3,4). The Morgan fingerprint density at radius 1 is 0.759 bits per heavy atom. The average molecular weight is 486 g/mol. The van der Waals surface area contributed by atoms with Gasteiger partial charge in [0.1, 0.15) is 0 Å². The van der Waals surface area contributed by atoms with Crippen LogP contribution in [0.2, 0.25) is 0 Å². The predicted molar refractivity (Wildman–Crippen MR) is 97.6 cm³/mol. The van der Waals surface area contributed by atoms with Gasteiger partial charge in [-0.1, -0.05) is 30.3 Å². The van der Waals surface area contributed by atoms with E-state index in [9.17, 15) is 0 Å². The fourth-order valence-electron chi connectivity index (χ4n) is 1.75. The molecule has 0 atom stereocenters. The Bertz CT molecular complexity index is 602. The molecule has 2 rings (SSSR count). The number of aliphatic hydroxyl groups excluding tert-OH is 1. The van der Waals surface area contributed by atoms with Crippen LogP contribution < -0.4 is 0 Å². The summed E-state index contributed by atoms with van der Waals surface area (Å²) in [5, 5.41) is 9.08. The van der Waals surface area contributed by atoms with Gasteiger partial charge in [-0.3, -0.25) is 0 Å². The second-order valence-corrected chi connectivity index (χ2v) is 8.61. The summed E-state index contributed by atoms with van der Waals surface area (Å²) in [6.45, 7) is 1.47. The summed E-state index contributed by atoms with van der Waals surface area (Å²) in [7, 11) is -13.9. The Morgan fingerprint density at radius 2 is 1.10 bits per heavy atom. The third-order valence-corrected chi connectivity index (χ3v) is 2.68. The lowest BCUT2D eigenvalue weighted by atomic mass is 9.83. The number of hydrogen-bond acceptors (Lipinski definition) is 5. The monoisotopic (exact) mass is 486 g/mol. The molecule has 0 unspecified atom stereocenters. The molecule has 17 heteroatoms. The SMILES string of the molecule is O=P(O)(O)O.O=P(O)(O)O.O=P(O)(O)O.OC1CC(COCc2ccccc2)C1. The Kier molecular flexibility index (Phi) is 15.3. The van der Waals surface area contributed by atoms with Gasteiger partial charge in [-0.05, 0) is 24.3 Å². The molecule has 0 heterocycles. The summed E-state index contributed by atoms with van der Waals surface area (Å²) >= 11 is 0. The van der Waals surface area contributed by atoms with E-state index < -0.39 is 23.5 Å². The van der Waals surface area contributed by atoms with Gasteiger partial charge in [-0.25, -0.2) is 13.7 Å². The summed E-state index contributed by atoms with van der Waals surface area (Å²) in [5.74, 6) is 0.578. The molecule has 1 aromatic rings. The molecule has 1 saturated carbocycles. The highest BCUT2D eigenvalue weighted by atomic mass is 31.2. The van der Waals surface area contributed by atoms with Crippen LogP contribution in [-0.2, 0) is 25.0 Å². The highest BCUT2D eigenvalue weighted by Crippen LogP contribution is 2.27. The van der Waals surface area contributed by atoms with Gasteiger partial charge in [0, 0.05) is 0 Å². The smallest absolute Gasteiger partial charge is 0.393 e. The van der Waals surface area contributed by atoms with Crippen molar-refractivity contribution in [3.8, 4) is 0 Å². The normalized spacial score (nSPS) is 18.6. The molecule has 1 aliphatic carbocycles. The third-order valence-electron chi connectivity index (χ3n) is 2.68. The molecular formula is C12H25O14P3. The van der Waals surface area contributed by atoms with Crippen LogP contribution in [0, 0.1) is 5.92 Å². The van der Waals surface area contributed by atoms with Crippen molar-refractivity contribution in [1.82, 2.24) is 0 Å². The molecule has 1 aromatic carbocycles. The van der Waals surface area contributed by atoms with Gasteiger partial charge >= 0.3 is 23.5 Å². The summed E-state index contributed by atoms with van der Waals surface area (Å²) in [6, 6.07) is 10.2. The van der Waals surface area contributed by atoms with Crippen molar-refractivity contribution in [2.24, 2.45) is 5.92 Å². The Hall–Kier alpha value is -0.530. The Morgan fingerprint density at radius 3 is 1.41 bits per heavy atom. The minimum atomic E-state index is -4.64. The topological polar surface area (TPSA) is 263 Å². The average Bonchev–Trinajstić information content (AvgIpc) is 2.41. The number of benzene rings is 1. The molecule has 0 radical (unpaired) electrons. The van der Waals surface area contributed by atoms with Gasteiger partial charge in [0.25, 0.3) is 0 Å². The van der Waals surface area contributed by atoms with Crippen molar-refractivity contribution < 1.29 is 67.6 Å². The molecular weight excluding hydrogens is 461 g/mol. The fraction of sp³-hybridized carbons (Fsp3) is 0.500. The molecule has 0 saturated heterocycles. The Labute approximate surface area is 165 Å². The van der Waals surface area contributed by atoms with Crippen LogP contribution >= 0.6 is 23.5 Å². The second kappa shape index (κ2) is 14.5. The zero-order chi connectivity index (χ0) is 23.3. The molecule has 0 aromatic heterocycles. The molecule has 172 valence electrons. The highest BCUT2D eigenvalue weighted by Gasteiger charge is 2.26. The molecule has 14 nitrogen and oxygen atoms in total. The molecule has 1 fully saturated rings. The van der Waals surface area contributed by atoms with Gasteiger partial charge in [-0.15, -0.1) is 0 Å². The number of aliphatic hydroxyl groups is 1. The van der Waals surface area contributed by atoms with Gasteiger partial charge < -0.3 is 53.9 Å². The first-order valence-electron chi connectivity index (χ1n) is 7.49. The summed E-state index contributed by atoms with van der Waals surface area (Å²) in [6.07, 6.45) is 1.75.